The Kier molecular flexibility index (Phi) is 5.70. The number of amides is 2. The van der Waals surface area contributed by atoms with Gasteiger partial charge in [0, 0.05) is 12.7 Å². The van der Waals surface area contributed by atoms with E-state index < -0.39 is 5.91 Å². The number of hydrogen-bond acceptors (Lipinski definition) is 3. The number of anilines is 1. The van der Waals surface area contributed by atoms with Crippen LogP contribution in [-0.2, 0) is 0 Å². The maximum Gasteiger partial charge on any atom is 0.287 e. The molecule has 2 heterocycles. The predicted molar refractivity (Wildman–Crippen MR) is 111 cm³/mol. The molecule has 0 aliphatic rings. The lowest BCUT2D eigenvalue weighted by atomic mass is 10.1. The molecule has 28 heavy (non-hydrogen) atoms. The fraction of sp³-hybridized carbons (Fsp3) is 0.286. The standard InChI is InChI=1S/C21H23ClN4O2/c1-12(2)11-23-21(28)19-24-18(16-7-5-6-8-26(16)19)20(27)25-17-14(4)9-13(3)10-15(17)22/h5-10,12H,11H2,1-4H3,(H,23,28)(H,25,27). The number of carbonyl (C=O) groups is 2. The molecule has 6 nitrogen and oxygen atoms in total. The molecule has 7 heteroatoms. The van der Waals surface area contributed by atoms with Gasteiger partial charge in [0.25, 0.3) is 11.8 Å². The van der Waals surface area contributed by atoms with Crippen molar-refractivity contribution in [2.75, 3.05) is 11.9 Å². The van der Waals surface area contributed by atoms with E-state index in [9.17, 15) is 9.59 Å². The zero-order valence-electron chi connectivity index (χ0n) is 16.3. The summed E-state index contributed by atoms with van der Waals surface area (Å²) in [7, 11) is 0. The number of benzene rings is 1. The second-order valence-electron chi connectivity index (χ2n) is 7.24. The number of rotatable bonds is 5. The third-order valence-electron chi connectivity index (χ3n) is 4.31. The molecule has 0 bridgehead atoms. The first-order chi connectivity index (χ1) is 13.3. The summed E-state index contributed by atoms with van der Waals surface area (Å²) in [5.74, 6) is -0.253. The summed E-state index contributed by atoms with van der Waals surface area (Å²) in [4.78, 5) is 29.8. The predicted octanol–water partition coefficient (Wildman–Crippen LogP) is 4.24. The minimum Gasteiger partial charge on any atom is -0.349 e. The molecule has 1 aromatic carbocycles. The first-order valence-electron chi connectivity index (χ1n) is 9.11. The molecule has 2 N–H and O–H groups in total. The van der Waals surface area contributed by atoms with Crippen LogP contribution in [0.25, 0.3) is 5.52 Å². The average Bonchev–Trinajstić information content (AvgIpc) is 3.02. The number of nitrogens with zero attached hydrogens (tertiary/aromatic N) is 2. The number of imidazole rings is 1. The van der Waals surface area contributed by atoms with E-state index in [2.05, 4.69) is 15.6 Å². The molecule has 0 saturated carbocycles. The van der Waals surface area contributed by atoms with Crippen molar-refractivity contribution in [2.45, 2.75) is 27.7 Å². The molecule has 0 atom stereocenters. The fourth-order valence-electron chi connectivity index (χ4n) is 2.99. The van der Waals surface area contributed by atoms with Gasteiger partial charge in [-0.1, -0.05) is 37.6 Å². The fourth-order valence-corrected chi connectivity index (χ4v) is 3.36. The Bertz CT molecular complexity index is 1030. The van der Waals surface area contributed by atoms with Crippen molar-refractivity contribution in [2.24, 2.45) is 5.92 Å². The van der Waals surface area contributed by atoms with E-state index in [4.69, 9.17) is 11.6 Å². The van der Waals surface area contributed by atoms with Crippen molar-refractivity contribution in [3.63, 3.8) is 0 Å². The van der Waals surface area contributed by atoms with Gasteiger partial charge < -0.3 is 10.6 Å². The molecule has 0 spiro atoms. The number of hydrogen-bond donors (Lipinski definition) is 2. The van der Waals surface area contributed by atoms with E-state index in [-0.39, 0.29) is 17.4 Å². The third kappa shape index (κ3) is 4.02. The Labute approximate surface area is 168 Å². The summed E-state index contributed by atoms with van der Waals surface area (Å²) in [6, 6.07) is 9.08. The van der Waals surface area contributed by atoms with E-state index in [0.29, 0.717) is 28.7 Å². The highest BCUT2D eigenvalue weighted by Gasteiger charge is 2.22. The lowest BCUT2D eigenvalue weighted by Gasteiger charge is -2.10. The smallest absolute Gasteiger partial charge is 0.287 e. The third-order valence-corrected chi connectivity index (χ3v) is 4.61. The van der Waals surface area contributed by atoms with Crippen molar-refractivity contribution in [1.82, 2.24) is 14.7 Å². The summed E-state index contributed by atoms with van der Waals surface area (Å²) in [6.45, 7) is 8.37. The van der Waals surface area contributed by atoms with Gasteiger partial charge in [0.2, 0.25) is 5.82 Å². The number of fused-ring (bicyclic) bond motifs is 1. The summed E-state index contributed by atoms with van der Waals surface area (Å²) in [5, 5.41) is 6.14. The van der Waals surface area contributed by atoms with Crippen molar-refractivity contribution in [3.05, 3.63) is 64.2 Å². The SMILES string of the molecule is Cc1cc(C)c(NC(=O)c2nc(C(=O)NCC(C)C)n3ccccc23)c(Cl)c1. The molecule has 0 unspecified atom stereocenters. The van der Waals surface area contributed by atoms with Gasteiger partial charge in [0.15, 0.2) is 5.69 Å². The second kappa shape index (κ2) is 8.02. The topological polar surface area (TPSA) is 75.5 Å². The van der Waals surface area contributed by atoms with E-state index in [1.54, 1.807) is 34.9 Å². The minimum absolute atomic E-state index is 0.173. The summed E-state index contributed by atoms with van der Waals surface area (Å²) in [5.41, 5.74) is 3.14. The van der Waals surface area contributed by atoms with Gasteiger partial charge >= 0.3 is 0 Å². The number of nitrogens with one attached hydrogen (secondary N) is 2. The van der Waals surface area contributed by atoms with Crippen LogP contribution < -0.4 is 10.6 Å². The average molecular weight is 399 g/mol. The van der Waals surface area contributed by atoms with E-state index in [1.165, 1.54) is 0 Å². The van der Waals surface area contributed by atoms with Crippen LogP contribution in [0.4, 0.5) is 5.69 Å². The number of halogens is 1. The number of pyridine rings is 1. The van der Waals surface area contributed by atoms with Crippen molar-refractivity contribution in [3.8, 4) is 0 Å². The molecular formula is C21H23ClN4O2. The maximum absolute atomic E-state index is 12.9. The summed E-state index contributed by atoms with van der Waals surface area (Å²) < 4.78 is 1.62. The van der Waals surface area contributed by atoms with E-state index in [1.807, 2.05) is 33.8 Å². The molecule has 0 fully saturated rings. The van der Waals surface area contributed by atoms with Crippen LogP contribution in [0.15, 0.2) is 36.5 Å². The first-order valence-corrected chi connectivity index (χ1v) is 9.49. The molecule has 0 aliphatic carbocycles. The van der Waals surface area contributed by atoms with Crippen LogP contribution in [0.2, 0.25) is 5.02 Å². The molecular weight excluding hydrogens is 376 g/mol. The highest BCUT2D eigenvalue weighted by atomic mass is 35.5. The van der Waals surface area contributed by atoms with E-state index in [0.717, 1.165) is 11.1 Å². The highest BCUT2D eigenvalue weighted by molar-refractivity contribution is 6.34. The van der Waals surface area contributed by atoms with Crippen LogP contribution in [0, 0.1) is 19.8 Å². The number of aryl methyl sites for hydroxylation is 2. The Hall–Kier alpha value is -2.86. The molecule has 146 valence electrons. The van der Waals surface area contributed by atoms with Gasteiger partial charge in [0.05, 0.1) is 16.2 Å². The maximum atomic E-state index is 12.9. The Morgan fingerprint density at radius 1 is 1.18 bits per heavy atom. The van der Waals surface area contributed by atoms with Gasteiger partial charge in [0.1, 0.15) is 0 Å². The van der Waals surface area contributed by atoms with Crippen molar-refractivity contribution < 1.29 is 9.59 Å². The zero-order chi connectivity index (χ0) is 20.4. The van der Waals surface area contributed by atoms with Gasteiger partial charge in [-0.15, -0.1) is 0 Å². The van der Waals surface area contributed by atoms with Crippen LogP contribution in [0.3, 0.4) is 0 Å². The van der Waals surface area contributed by atoms with Gasteiger partial charge in [-0.3, -0.25) is 14.0 Å². The highest BCUT2D eigenvalue weighted by Crippen LogP contribution is 2.28. The molecule has 0 radical (unpaired) electrons. The summed E-state index contributed by atoms with van der Waals surface area (Å²) >= 11 is 6.31. The van der Waals surface area contributed by atoms with Crippen molar-refractivity contribution in [1.29, 1.82) is 0 Å². The lowest BCUT2D eigenvalue weighted by Crippen LogP contribution is -2.29. The first kappa shape index (κ1) is 19.9. The Morgan fingerprint density at radius 2 is 1.93 bits per heavy atom. The number of carbonyl (C=O) groups excluding carboxylic acids is 2. The summed E-state index contributed by atoms with van der Waals surface area (Å²) in [6.07, 6.45) is 1.72. The lowest BCUT2D eigenvalue weighted by molar-refractivity contribution is 0.0938. The van der Waals surface area contributed by atoms with Crippen LogP contribution >= 0.6 is 11.6 Å². The normalized spacial score (nSPS) is 11.1. The second-order valence-corrected chi connectivity index (χ2v) is 7.64. The molecule has 0 aliphatic heterocycles. The molecule has 0 saturated heterocycles. The number of aromatic nitrogens is 2. The van der Waals surface area contributed by atoms with Gasteiger partial charge in [-0.2, -0.15) is 0 Å². The monoisotopic (exact) mass is 398 g/mol. The van der Waals surface area contributed by atoms with E-state index >= 15 is 0 Å². The molecule has 2 amide bonds. The van der Waals surface area contributed by atoms with Crippen LogP contribution in [0.5, 0.6) is 0 Å². The molecule has 3 rings (SSSR count). The van der Waals surface area contributed by atoms with Crippen LogP contribution in [-0.4, -0.2) is 27.7 Å². The van der Waals surface area contributed by atoms with Crippen molar-refractivity contribution >= 4 is 34.6 Å². The quantitative estimate of drug-likeness (QED) is 0.674. The minimum atomic E-state index is -0.416. The largest absolute Gasteiger partial charge is 0.349 e. The van der Waals surface area contributed by atoms with Gasteiger partial charge in [-0.25, -0.2) is 4.98 Å². The van der Waals surface area contributed by atoms with Crippen LogP contribution in [0.1, 0.15) is 46.1 Å². The Morgan fingerprint density at radius 3 is 2.61 bits per heavy atom. The van der Waals surface area contributed by atoms with Gasteiger partial charge in [-0.05, 0) is 49.1 Å². The Balaban J connectivity index is 1.97. The molecule has 3 aromatic rings. The molecule has 2 aromatic heterocycles. The zero-order valence-corrected chi connectivity index (χ0v) is 17.1.